The molecule has 0 spiro atoms. The van der Waals surface area contributed by atoms with Gasteiger partial charge in [-0.3, -0.25) is 9.78 Å². The molecule has 0 bridgehead atoms. The molecule has 3 aromatic heterocycles. The molecular formula is C25H22ClN5O2S. The molecule has 2 N–H and O–H groups in total. The number of imidazole rings is 1. The Bertz CT molecular complexity index is 1500. The number of aromatic nitrogens is 3. The van der Waals surface area contributed by atoms with Crippen LogP contribution in [0.5, 0.6) is 11.5 Å². The second-order valence-corrected chi connectivity index (χ2v) is 8.72. The highest BCUT2D eigenvalue weighted by molar-refractivity contribution is 7.08. The van der Waals surface area contributed by atoms with Crippen molar-refractivity contribution in [3.63, 3.8) is 0 Å². The summed E-state index contributed by atoms with van der Waals surface area (Å²) in [5.74, 6) is 1.55. The van der Waals surface area contributed by atoms with Crippen molar-refractivity contribution >= 4 is 51.5 Å². The summed E-state index contributed by atoms with van der Waals surface area (Å²) in [4.78, 5) is 20.6. The lowest BCUT2D eigenvalue weighted by molar-refractivity contribution is 0.0958. The van der Waals surface area contributed by atoms with E-state index < -0.39 is 0 Å². The van der Waals surface area contributed by atoms with Crippen molar-refractivity contribution in [2.24, 2.45) is 7.05 Å². The van der Waals surface area contributed by atoms with E-state index >= 15 is 0 Å². The number of carbonyl (C=O) groups is 1. The van der Waals surface area contributed by atoms with E-state index in [4.69, 9.17) is 21.3 Å². The maximum absolute atomic E-state index is 11.8. The second-order valence-electron chi connectivity index (χ2n) is 7.53. The summed E-state index contributed by atoms with van der Waals surface area (Å²) in [5.41, 5.74) is 4.95. The van der Waals surface area contributed by atoms with Crippen molar-refractivity contribution in [3.8, 4) is 22.6 Å². The Labute approximate surface area is 206 Å². The molecule has 0 atom stereocenters. The zero-order chi connectivity index (χ0) is 23.7. The van der Waals surface area contributed by atoms with Gasteiger partial charge in [-0.2, -0.15) is 11.3 Å². The molecule has 172 valence electrons. The van der Waals surface area contributed by atoms with Crippen LogP contribution in [0, 0.1) is 0 Å². The number of carbonyl (C=O) groups excluding carboxylic acids is 1. The van der Waals surface area contributed by atoms with Crippen LogP contribution in [0.4, 0.5) is 11.6 Å². The monoisotopic (exact) mass is 491 g/mol. The first kappa shape index (κ1) is 21.9. The van der Waals surface area contributed by atoms with Gasteiger partial charge in [0.2, 0.25) is 5.95 Å². The number of anilines is 2. The van der Waals surface area contributed by atoms with Crippen LogP contribution in [0.15, 0.2) is 71.6 Å². The number of rotatable bonds is 6. The van der Waals surface area contributed by atoms with E-state index in [2.05, 4.69) is 21.0 Å². The number of hydrogen-bond donors (Lipinski definition) is 2. The fraction of sp³-hybridized carbons (Fsp3) is 0.0800. The average Bonchev–Trinajstić information content (AvgIpc) is 3.48. The molecule has 5 rings (SSSR count). The van der Waals surface area contributed by atoms with Crippen LogP contribution in [0.3, 0.4) is 0 Å². The normalized spacial score (nSPS) is 10.9. The topological polar surface area (TPSA) is 81.1 Å². The van der Waals surface area contributed by atoms with Gasteiger partial charge in [-0.1, -0.05) is 11.6 Å². The van der Waals surface area contributed by atoms with Crippen molar-refractivity contribution in [1.82, 2.24) is 19.9 Å². The van der Waals surface area contributed by atoms with E-state index in [1.807, 2.05) is 59.5 Å². The van der Waals surface area contributed by atoms with Crippen molar-refractivity contribution in [3.05, 3.63) is 82.3 Å². The van der Waals surface area contributed by atoms with Gasteiger partial charge in [-0.15, -0.1) is 0 Å². The van der Waals surface area contributed by atoms with Gasteiger partial charge in [0.1, 0.15) is 17.2 Å². The molecule has 7 nitrogen and oxygen atoms in total. The highest BCUT2D eigenvalue weighted by atomic mass is 35.5. The quantitative estimate of drug-likeness (QED) is 0.283. The molecule has 0 aliphatic carbocycles. The van der Waals surface area contributed by atoms with Crippen LogP contribution in [-0.2, 0) is 7.05 Å². The van der Waals surface area contributed by atoms with E-state index in [0.717, 1.165) is 27.8 Å². The number of aryl methyl sites for hydroxylation is 1. The Morgan fingerprint density at radius 1 is 1.12 bits per heavy atom. The number of nitrogens with one attached hydrogen (secondary N) is 2. The minimum absolute atomic E-state index is 0. The highest BCUT2D eigenvalue weighted by Crippen LogP contribution is 2.33. The Kier molecular flexibility index (Phi) is 5.91. The van der Waals surface area contributed by atoms with Crippen LogP contribution in [0.2, 0.25) is 5.02 Å². The zero-order valence-corrected chi connectivity index (χ0v) is 19.9. The predicted octanol–water partition coefficient (Wildman–Crippen LogP) is 6.49. The van der Waals surface area contributed by atoms with Crippen molar-refractivity contribution in [2.45, 2.75) is 0 Å². The third-order valence-corrected chi connectivity index (χ3v) is 6.35. The van der Waals surface area contributed by atoms with E-state index in [1.165, 1.54) is 6.20 Å². The Morgan fingerprint density at radius 2 is 1.97 bits per heavy atom. The van der Waals surface area contributed by atoms with E-state index in [0.29, 0.717) is 22.5 Å². The van der Waals surface area contributed by atoms with Crippen LogP contribution in [0.1, 0.15) is 11.9 Å². The summed E-state index contributed by atoms with van der Waals surface area (Å²) in [6.45, 7) is 0. The largest absolute Gasteiger partial charge is 0.457 e. The minimum atomic E-state index is -0.273. The number of ether oxygens (including phenoxy) is 1. The summed E-state index contributed by atoms with van der Waals surface area (Å²) in [5, 5.41) is 10.7. The molecule has 0 aliphatic rings. The molecule has 0 aliphatic heterocycles. The first-order chi connectivity index (χ1) is 16.5. The number of nitrogens with zero attached hydrogens (tertiary/aromatic N) is 3. The summed E-state index contributed by atoms with van der Waals surface area (Å²) in [7, 11) is 3.51. The predicted molar refractivity (Wildman–Crippen MR) is 139 cm³/mol. The van der Waals surface area contributed by atoms with Crippen LogP contribution in [0.25, 0.3) is 22.2 Å². The van der Waals surface area contributed by atoms with Gasteiger partial charge < -0.3 is 19.9 Å². The highest BCUT2D eigenvalue weighted by Gasteiger charge is 2.12. The number of hydrogen-bond acceptors (Lipinski definition) is 6. The lowest BCUT2D eigenvalue weighted by atomic mass is 10.1. The van der Waals surface area contributed by atoms with E-state index in [-0.39, 0.29) is 13.0 Å². The zero-order valence-electron chi connectivity index (χ0n) is 18.4. The average molecular weight is 492 g/mol. The van der Waals surface area contributed by atoms with Gasteiger partial charge in [0, 0.05) is 50.1 Å². The smallest absolute Gasteiger partial charge is 0.269 e. The van der Waals surface area contributed by atoms with Gasteiger partial charge in [-0.25, -0.2) is 4.98 Å². The summed E-state index contributed by atoms with van der Waals surface area (Å²) in [6, 6.07) is 16.9. The first-order valence-corrected chi connectivity index (χ1v) is 11.8. The third-order valence-electron chi connectivity index (χ3n) is 5.33. The van der Waals surface area contributed by atoms with Crippen molar-refractivity contribution in [2.75, 3.05) is 12.4 Å². The minimum Gasteiger partial charge on any atom is -0.457 e. The molecule has 1 amide bonds. The van der Waals surface area contributed by atoms with Gasteiger partial charge in [-0.05, 0) is 58.8 Å². The van der Waals surface area contributed by atoms with Crippen molar-refractivity contribution < 1.29 is 11.0 Å². The molecule has 0 saturated carbocycles. The number of amides is 1. The molecule has 34 heavy (non-hydrogen) atoms. The molecule has 0 saturated heterocycles. The lowest BCUT2D eigenvalue weighted by Gasteiger charge is -2.09. The Balaban J connectivity index is 0.00000289. The maximum Gasteiger partial charge on any atom is 0.269 e. The van der Waals surface area contributed by atoms with Gasteiger partial charge in [0.15, 0.2) is 0 Å². The standard InChI is InChI=1S/C25H20ClN5O2S.H2/c1-27-24(32)22-13-18(7-9-28-22)33-17-4-6-23-21(12-17)30-25(31(23)2)29-16-3-5-20(26)19(11-16)15-8-10-34-14-15;/h3-14H,1-2H3,(H,27,32)(H,29,30);1H. The number of halogens is 1. The SMILES string of the molecule is CNC(=O)c1cc(Oc2ccc3c(c2)nc(Nc2ccc(Cl)c(-c4ccsc4)c2)n3C)ccn1.[HH]. The second kappa shape index (κ2) is 9.17. The molecule has 5 aromatic rings. The molecule has 2 aromatic carbocycles. The van der Waals surface area contributed by atoms with Crippen molar-refractivity contribution in [1.29, 1.82) is 0 Å². The van der Waals surface area contributed by atoms with Gasteiger partial charge in [0.05, 0.1) is 11.0 Å². The molecule has 3 heterocycles. The number of pyridine rings is 1. The fourth-order valence-corrected chi connectivity index (χ4v) is 4.47. The molecule has 9 heteroatoms. The van der Waals surface area contributed by atoms with E-state index in [1.54, 1.807) is 30.5 Å². The molecule has 0 radical (unpaired) electrons. The van der Waals surface area contributed by atoms with Gasteiger partial charge in [0.25, 0.3) is 5.91 Å². The van der Waals surface area contributed by atoms with Gasteiger partial charge >= 0.3 is 0 Å². The Morgan fingerprint density at radius 3 is 2.76 bits per heavy atom. The Hall–Kier alpha value is -3.88. The van der Waals surface area contributed by atoms with Crippen LogP contribution >= 0.6 is 22.9 Å². The molecule has 0 unspecified atom stereocenters. The lowest BCUT2D eigenvalue weighted by Crippen LogP contribution is -2.18. The van der Waals surface area contributed by atoms with E-state index in [9.17, 15) is 4.79 Å². The summed E-state index contributed by atoms with van der Waals surface area (Å²) < 4.78 is 7.94. The van der Waals surface area contributed by atoms with Crippen LogP contribution in [-0.4, -0.2) is 27.5 Å². The summed E-state index contributed by atoms with van der Waals surface area (Å²) >= 11 is 8.05. The molecule has 0 fully saturated rings. The maximum atomic E-state index is 11.8. The third kappa shape index (κ3) is 4.33. The first-order valence-electron chi connectivity index (χ1n) is 10.4. The number of benzene rings is 2. The summed E-state index contributed by atoms with van der Waals surface area (Å²) in [6.07, 6.45) is 1.54. The number of thiophene rings is 1. The molecular weight excluding hydrogens is 470 g/mol. The fourth-order valence-electron chi connectivity index (χ4n) is 3.59. The van der Waals surface area contributed by atoms with Crippen LogP contribution < -0.4 is 15.4 Å². The number of fused-ring (bicyclic) bond motifs is 1.